The van der Waals surface area contributed by atoms with Crippen LogP contribution in [0, 0.1) is 0 Å². The maximum Gasteiger partial charge on any atom is 0.0522 e. The van der Waals surface area contributed by atoms with Gasteiger partial charge in [0.2, 0.25) is 0 Å². The molecule has 49 heavy (non-hydrogen) atoms. The van der Waals surface area contributed by atoms with Gasteiger partial charge in [0.05, 0.1) is 8.07 Å². The molecular weight excluding hydrogens is 609 g/mol. The maximum atomic E-state index is 4.32. The number of hydrogen-bond donors (Lipinski definition) is 1. The van der Waals surface area contributed by atoms with Crippen molar-refractivity contribution in [2.45, 2.75) is 31.6 Å². The van der Waals surface area contributed by atoms with Crippen LogP contribution in [0.5, 0.6) is 0 Å². The van der Waals surface area contributed by atoms with Gasteiger partial charge in [0.15, 0.2) is 0 Å². The maximum absolute atomic E-state index is 4.32. The van der Waals surface area contributed by atoms with Crippen molar-refractivity contribution in [1.29, 1.82) is 0 Å². The lowest BCUT2D eigenvalue weighted by molar-refractivity contribution is 0.847. The minimum Gasteiger partial charge on any atom is -0.356 e. The first-order chi connectivity index (χ1) is 24.2. The third kappa shape index (κ3) is 7.29. The van der Waals surface area contributed by atoms with Crippen LogP contribution in [0.1, 0.15) is 70.5 Å². The third-order valence-corrected chi connectivity index (χ3v) is 11.4. The van der Waals surface area contributed by atoms with Crippen molar-refractivity contribution in [3.63, 3.8) is 0 Å². The molecular formula is C47H42NP. The predicted molar refractivity (Wildman–Crippen MR) is 211 cm³/mol. The van der Waals surface area contributed by atoms with Crippen LogP contribution in [0.25, 0.3) is 0 Å². The molecule has 0 atom stereocenters. The molecule has 0 bridgehead atoms. The quantitative estimate of drug-likeness (QED) is 0.108. The largest absolute Gasteiger partial charge is 0.356 e. The van der Waals surface area contributed by atoms with Crippen LogP contribution >= 0.6 is 8.07 Å². The summed E-state index contributed by atoms with van der Waals surface area (Å²) in [5.74, 6) is 0.395. The van der Waals surface area contributed by atoms with Crippen molar-refractivity contribution in [2.75, 3.05) is 5.09 Å². The fourth-order valence-corrected chi connectivity index (χ4v) is 8.84. The lowest BCUT2D eigenvalue weighted by Gasteiger charge is -2.32. The number of anilines is 1. The smallest absolute Gasteiger partial charge is 0.0522 e. The molecule has 0 amide bonds. The normalized spacial score (nSPS) is 11.4. The van der Waals surface area contributed by atoms with Crippen molar-refractivity contribution in [1.82, 2.24) is 0 Å². The fraction of sp³-hybridized carbons (Fsp3) is 0.106. The monoisotopic (exact) mass is 651 g/mol. The van der Waals surface area contributed by atoms with Crippen molar-refractivity contribution in [2.24, 2.45) is 0 Å². The molecule has 2 heteroatoms. The van der Waals surface area contributed by atoms with Gasteiger partial charge in [-0.3, -0.25) is 0 Å². The van der Waals surface area contributed by atoms with Gasteiger partial charge in [-0.05, 0) is 44.9 Å². The molecule has 7 rings (SSSR count). The molecule has 240 valence electrons. The zero-order chi connectivity index (χ0) is 33.4. The lowest BCUT2D eigenvalue weighted by Crippen LogP contribution is -2.20. The summed E-state index contributed by atoms with van der Waals surface area (Å²) in [6.07, 6.45) is 0. The highest BCUT2D eigenvalue weighted by atomic mass is 31.1. The Bertz CT molecular complexity index is 1820. The Morgan fingerprint density at radius 1 is 0.367 bits per heavy atom. The van der Waals surface area contributed by atoms with Crippen LogP contribution < -0.4 is 15.7 Å². The van der Waals surface area contributed by atoms with Gasteiger partial charge in [-0.1, -0.05) is 208 Å². The average molecular weight is 652 g/mol. The van der Waals surface area contributed by atoms with E-state index in [9.17, 15) is 0 Å². The summed E-state index contributed by atoms with van der Waals surface area (Å²) < 4.78 is 0. The highest BCUT2D eigenvalue weighted by molar-refractivity contribution is 7.74. The van der Waals surface area contributed by atoms with Crippen molar-refractivity contribution < 1.29 is 0 Å². The summed E-state index contributed by atoms with van der Waals surface area (Å²) in [4.78, 5) is 0. The van der Waals surface area contributed by atoms with E-state index in [-0.39, 0.29) is 11.8 Å². The Morgan fingerprint density at radius 2 is 0.653 bits per heavy atom. The van der Waals surface area contributed by atoms with Gasteiger partial charge in [-0.25, -0.2) is 0 Å². The molecule has 0 saturated heterocycles. The van der Waals surface area contributed by atoms with E-state index in [4.69, 9.17) is 0 Å². The standard InChI is InChI=1S/C47H42NP/c1-35(2)40-33-43(45(36-21-9-3-10-22-36)37-23-11-4-12-24-37)47(48-49(41-29-17-7-18-30-41)42-31-19-8-20-32-42)44(34-40)46(38-25-13-5-14-26-38)39-27-15-6-16-28-39/h3-35,45-46,48H,1-2H3. The third-order valence-electron chi connectivity index (χ3n) is 9.29. The highest BCUT2D eigenvalue weighted by Crippen LogP contribution is 2.48. The molecule has 0 aliphatic heterocycles. The molecule has 0 fully saturated rings. The van der Waals surface area contributed by atoms with Crippen molar-refractivity contribution in [3.8, 4) is 0 Å². The van der Waals surface area contributed by atoms with E-state index in [2.05, 4.69) is 213 Å². The van der Waals surface area contributed by atoms with E-state index >= 15 is 0 Å². The van der Waals surface area contributed by atoms with Gasteiger partial charge in [0.25, 0.3) is 0 Å². The zero-order valence-electron chi connectivity index (χ0n) is 28.2. The van der Waals surface area contributed by atoms with Crippen molar-refractivity contribution >= 4 is 24.4 Å². The predicted octanol–water partition coefficient (Wildman–Crippen LogP) is 11.6. The fourth-order valence-electron chi connectivity index (χ4n) is 6.86. The Hall–Kier alpha value is -5.23. The zero-order valence-corrected chi connectivity index (χ0v) is 29.0. The van der Waals surface area contributed by atoms with E-state index in [0.29, 0.717) is 5.92 Å². The average Bonchev–Trinajstić information content (AvgIpc) is 3.17. The van der Waals surface area contributed by atoms with E-state index in [1.807, 2.05) is 0 Å². The summed E-state index contributed by atoms with van der Waals surface area (Å²) in [6.45, 7) is 4.63. The first-order valence-electron chi connectivity index (χ1n) is 17.2. The first-order valence-corrected chi connectivity index (χ1v) is 18.6. The number of hydrogen-bond acceptors (Lipinski definition) is 1. The Morgan fingerprint density at radius 3 is 0.939 bits per heavy atom. The SMILES string of the molecule is CC(C)c1cc(C(c2ccccc2)c2ccccc2)c(NP(c2ccccc2)c2ccccc2)c(C(c2ccccc2)c2ccccc2)c1. The Labute approximate surface area is 293 Å². The van der Waals surface area contributed by atoms with E-state index < -0.39 is 8.07 Å². The molecule has 0 aliphatic rings. The summed E-state index contributed by atoms with van der Waals surface area (Å²) in [5, 5.41) is 6.90. The molecule has 0 spiro atoms. The Kier molecular flexibility index (Phi) is 10.1. The minimum atomic E-state index is -0.960. The number of benzene rings is 7. The molecule has 1 N–H and O–H groups in total. The van der Waals surface area contributed by atoms with Crippen LogP contribution in [0.2, 0.25) is 0 Å². The summed E-state index contributed by atoms with van der Waals surface area (Å²) in [7, 11) is -0.960. The van der Waals surface area contributed by atoms with E-state index in [1.54, 1.807) is 0 Å². The van der Waals surface area contributed by atoms with Gasteiger partial charge >= 0.3 is 0 Å². The number of nitrogens with one attached hydrogen (secondary N) is 1. The van der Waals surface area contributed by atoms with Crippen LogP contribution in [-0.4, -0.2) is 0 Å². The van der Waals surface area contributed by atoms with E-state index in [0.717, 1.165) is 0 Å². The Balaban J connectivity index is 1.57. The van der Waals surface area contributed by atoms with Gasteiger partial charge < -0.3 is 5.09 Å². The molecule has 0 unspecified atom stereocenters. The summed E-state index contributed by atoms with van der Waals surface area (Å²) >= 11 is 0. The lowest BCUT2D eigenvalue weighted by atomic mass is 9.77. The van der Waals surface area contributed by atoms with Crippen LogP contribution in [0.3, 0.4) is 0 Å². The van der Waals surface area contributed by atoms with Crippen LogP contribution in [0.15, 0.2) is 194 Å². The molecule has 0 saturated carbocycles. The van der Waals surface area contributed by atoms with E-state index in [1.165, 1.54) is 55.2 Å². The van der Waals surface area contributed by atoms with Gasteiger partial charge in [0.1, 0.15) is 0 Å². The van der Waals surface area contributed by atoms with Crippen molar-refractivity contribution in [3.05, 3.63) is 233 Å². The molecule has 0 aliphatic carbocycles. The number of rotatable bonds is 11. The summed E-state index contributed by atoms with van der Waals surface area (Å²) in [6, 6.07) is 71.0. The van der Waals surface area contributed by atoms with Gasteiger partial charge in [-0.15, -0.1) is 0 Å². The van der Waals surface area contributed by atoms with Crippen LogP contribution in [-0.2, 0) is 0 Å². The second kappa shape index (κ2) is 15.3. The molecule has 0 radical (unpaired) electrons. The molecule has 0 heterocycles. The van der Waals surface area contributed by atoms with Crippen LogP contribution in [0.4, 0.5) is 5.69 Å². The minimum absolute atomic E-state index is 0.0259. The van der Waals surface area contributed by atoms with Gasteiger partial charge in [-0.2, -0.15) is 0 Å². The second-order valence-corrected chi connectivity index (χ2v) is 14.8. The molecule has 7 aromatic rings. The topological polar surface area (TPSA) is 12.0 Å². The highest BCUT2D eigenvalue weighted by Gasteiger charge is 2.30. The molecule has 0 aromatic heterocycles. The molecule has 1 nitrogen and oxygen atoms in total. The molecule has 7 aromatic carbocycles. The first kappa shape index (κ1) is 32.3. The second-order valence-electron chi connectivity index (χ2n) is 12.9. The summed E-state index contributed by atoms with van der Waals surface area (Å²) in [5.41, 5.74) is 10.3. The van der Waals surface area contributed by atoms with Gasteiger partial charge in [0, 0.05) is 28.1 Å².